The van der Waals surface area contributed by atoms with Crippen LogP contribution in [0.4, 0.5) is 4.39 Å². The van der Waals surface area contributed by atoms with E-state index >= 15 is 0 Å². The van der Waals surface area contributed by atoms with Crippen LogP contribution in [0.2, 0.25) is 0 Å². The second-order valence-electron chi connectivity index (χ2n) is 8.13. The third-order valence-electron chi connectivity index (χ3n) is 6.41. The van der Waals surface area contributed by atoms with Crippen molar-refractivity contribution in [2.75, 3.05) is 39.9 Å². The largest absolute Gasteiger partial charge is 0.468 e. The van der Waals surface area contributed by atoms with Gasteiger partial charge in [0.1, 0.15) is 11.6 Å². The molecule has 0 amide bonds. The molecule has 5 heteroatoms. The molecule has 2 fully saturated rings. The number of likely N-dealkylation sites (tertiary alicyclic amines) is 2. The van der Waals surface area contributed by atoms with Crippen molar-refractivity contribution in [2.24, 2.45) is 11.3 Å². The molecule has 1 spiro atoms. The average molecular weight is 372 g/mol. The van der Waals surface area contributed by atoms with Crippen LogP contribution < -0.4 is 0 Å². The number of hydrogen-bond acceptors (Lipinski definition) is 4. The van der Waals surface area contributed by atoms with Crippen LogP contribution in [0, 0.1) is 17.2 Å². The summed E-state index contributed by atoms with van der Waals surface area (Å²) in [6, 6.07) is 11.1. The van der Waals surface area contributed by atoms with Crippen LogP contribution in [0.1, 0.15) is 24.2 Å². The predicted molar refractivity (Wildman–Crippen MR) is 103 cm³/mol. The van der Waals surface area contributed by atoms with Gasteiger partial charge in [0.15, 0.2) is 0 Å². The van der Waals surface area contributed by atoms with Crippen molar-refractivity contribution in [3.8, 4) is 0 Å². The summed E-state index contributed by atoms with van der Waals surface area (Å²) in [5.41, 5.74) is 1.10. The number of nitrogens with zero attached hydrogens (tertiary/aromatic N) is 2. The van der Waals surface area contributed by atoms with E-state index in [9.17, 15) is 4.39 Å². The Bertz CT molecular complexity index is 726. The summed E-state index contributed by atoms with van der Waals surface area (Å²) in [6.07, 6.45) is 4.03. The van der Waals surface area contributed by atoms with E-state index < -0.39 is 0 Å². The molecule has 146 valence electrons. The minimum Gasteiger partial charge on any atom is -0.468 e. The normalized spacial score (nSPS) is 23.3. The summed E-state index contributed by atoms with van der Waals surface area (Å²) in [5, 5.41) is 0. The number of hydrogen-bond donors (Lipinski definition) is 0. The molecule has 0 N–H and O–H groups in total. The van der Waals surface area contributed by atoms with Gasteiger partial charge in [-0.1, -0.05) is 18.2 Å². The fourth-order valence-corrected chi connectivity index (χ4v) is 4.91. The molecule has 2 aromatic rings. The highest BCUT2D eigenvalue weighted by Gasteiger charge is 2.47. The summed E-state index contributed by atoms with van der Waals surface area (Å²) in [5.74, 6) is 1.48. The highest BCUT2D eigenvalue weighted by molar-refractivity contribution is 5.17. The zero-order valence-corrected chi connectivity index (χ0v) is 16.1. The van der Waals surface area contributed by atoms with Gasteiger partial charge in [0.25, 0.3) is 0 Å². The van der Waals surface area contributed by atoms with Gasteiger partial charge in [-0.2, -0.15) is 0 Å². The Morgan fingerprint density at radius 3 is 2.63 bits per heavy atom. The number of benzene rings is 1. The Labute approximate surface area is 160 Å². The Balaban J connectivity index is 1.39. The summed E-state index contributed by atoms with van der Waals surface area (Å²) in [4.78, 5) is 4.90. The molecule has 0 unspecified atom stereocenters. The number of rotatable bonds is 6. The summed E-state index contributed by atoms with van der Waals surface area (Å²) < 4.78 is 25.1. The molecule has 2 saturated heterocycles. The number of piperidine rings is 1. The van der Waals surface area contributed by atoms with Gasteiger partial charge in [0, 0.05) is 38.2 Å². The van der Waals surface area contributed by atoms with E-state index in [0.717, 1.165) is 63.5 Å². The maximum absolute atomic E-state index is 14.0. The van der Waals surface area contributed by atoms with E-state index in [0.29, 0.717) is 17.9 Å². The lowest BCUT2D eigenvalue weighted by atomic mass is 9.71. The van der Waals surface area contributed by atoms with Gasteiger partial charge in [0.05, 0.1) is 19.4 Å². The van der Waals surface area contributed by atoms with Crippen molar-refractivity contribution in [3.05, 3.63) is 59.8 Å². The zero-order chi connectivity index (χ0) is 18.7. The van der Waals surface area contributed by atoms with Crippen LogP contribution in [0.25, 0.3) is 0 Å². The number of ether oxygens (including phenoxy) is 1. The third kappa shape index (κ3) is 4.10. The molecule has 0 aliphatic carbocycles. The van der Waals surface area contributed by atoms with Gasteiger partial charge in [-0.05, 0) is 49.5 Å². The SMILES string of the molecule is COC[C@H]1CN(Cc2ccco2)CC12CCN(Cc1ccccc1F)CC2. The first kappa shape index (κ1) is 18.7. The maximum atomic E-state index is 14.0. The van der Waals surface area contributed by atoms with Crippen LogP contribution in [0.5, 0.6) is 0 Å². The number of furan rings is 1. The van der Waals surface area contributed by atoms with E-state index in [1.807, 2.05) is 24.3 Å². The fourth-order valence-electron chi connectivity index (χ4n) is 4.91. The number of halogens is 1. The van der Waals surface area contributed by atoms with Crippen LogP contribution in [0.15, 0.2) is 47.1 Å². The standard InChI is InChI=1S/C22H29FN2O2/c1-26-16-19-14-25(15-20-6-4-12-27-20)17-22(19)8-10-24(11-9-22)13-18-5-2-3-7-21(18)23/h2-7,12,19H,8-11,13-17H2,1H3/t19-/m1/s1. The topological polar surface area (TPSA) is 28.9 Å². The van der Waals surface area contributed by atoms with E-state index in [1.54, 1.807) is 25.5 Å². The molecule has 0 radical (unpaired) electrons. The van der Waals surface area contributed by atoms with Crippen molar-refractivity contribution in [2.45, 2.75) is 25.9 Å². The molecular formula is C22H29FN2O2. The summed E-state index contributed by atoms with van der Waals surface area (Å²) >= 11 is 0. The minimum atomic E-state index is -0.0967. The maximum Gasteiger partial charge on any atom is 0.127 e. The van der Waals surface area contributed by atoms with Gasteiger partial charge in [0.2, 0.25) is 0 Å². The Morgan fingerprint density at radius 2 is 1.93 bits per heavy atom. The van der Waals surface area contributed by atoms with Crippen molar-refractivity contribution < 1.29 is 13.5 Å². The van der Waals surface area contributed by atoms with Crippen LogP contribution in [0.3, 0.4) is 0 Å². The van der Waals surface area contributed by atoms with E-state index in [-0.39, 0.29) is 5.82 Å². The summed E-state index contributed by atoms with van der Waals surface area (Å²) in [7, 11) is 1.80. The molecule has 27 heavy (non-hydrogen) atoms. The van der Waals surface area contributed by atoms with Gasteiger partial charge < -0.3 is 9.15 Å². The van der Waals surface area contributed by atoms with Gasteiger partial charge in [-0.15, -0.1) is 0 Å². The molecule has 0 saturated carbocycles. The molecule has 0 bridgehead atoms. The monoisotopic (exact) mass is 372 g/mol. The lowest BCUT2D eigenvalue weighted by molar-refractivity contribution is 0.0347. The molecular weight excluding hydrogens is 343 g/mol. The molecule has 4 rings (SSSR count). The zero-order valence-electron chi connectivity index (χ0n) is 16.1. The van der Waals surface area contributed by atoms with E-state index in [1.165, 1.54) is 0 Å². The van der Waals surface area contributed by atoms with Gasteiger partial charge >= 0.3 is 0 Å². The Kier molecular flexibility index (Phi) is 5.62. The van der Waals surface area contributed by atoms with E-state index in [2.05, 4.69) is 9.80 Å². The molecule has 1 atom stereocenters. The predicted octanol–water partition coefficient (Wildman–Crippen LogP) is 3.78. The molecule has 1 aromatic heterocycles. The van der Waals surface area contributed by atoms with Crippen molar-refractivity contribution in [1.29, 1.82) is 0 Å². The quantitative estimate of drug-likeness (QED) is 0.772. The van der Waals surface area contributed by atoms with Gasteiger partial charge in [-0.3, -0.25) is 9.80 Å². The lowest BCUT2D eigenvalue weighted by Gasteiger charge is -2.42. The first-order chi connectivity index (χ1) is 13.2. The molecule has 2 aliphatic rings. The Hall–Kier alpha value is -1.69. The smallest absolute Gasteiger partial charge is 0.127 e. The van der Waals surface area contributed by atoms with Crippen LogP contribution in [-0.2, 0) is 17.8 Å². The van der Waals surface area contributed by atoms with Crippen molar-refractivity contribution >= 4 is 0 Å². The molecule has 4 nitrogen and oxygen atoms in total. The average Bonchev–Trinajstić information content (AvgIpc) is 3.28. The second-order valence-corrected chi connectivity index (χ2v) is 8.13. The first-order valence-corrected chi connectivity index (χ1v) is 9.88. The van der Waals surface area contributed by atoms with Gasteiger partial charge in [-0.25, -0.2) is 4.39 Å². The highest BCUT2D eigenvalue weighted by Crippen LogP contribution is 2.45. The minimum absolute atomic E-state index is 0.0967. The fraction of sp³-hybridized carbons (Fsp3) is 0.545. The molecule has 2 aliphatic heterocycles. The Morgan fingerprint density at radius 1 is 1.11 bits per heavy atom. The van der Waals surface area contributed by atoms with Crippen LogP contribution in [-0.4, -0.2) is 49.7 Å². The lowest BCUT2D eigenvalue weighted by Crippen LogP contribution is -2.45. The van der Waals surface area contributed by atoms with Crippen molar-refractivity contribution in [3.63, 3.8) is 0 Å². The number of methoxy groups -OCH3 is 1. The second kappa shape index (κ2) is 8.13. The molecule has 1 aromatic carbocycles. The molecule has 3 heterocycles. The van der Waals surface area contributed by atoms with E-state index in [4.69, 9.17) is 9.15 Å². The third-order valence-corrected chi connectivity index (χ3v) is 6.41. The van der Waals surface area contributed by atoms with Crippen LogP contribution >= 0.6 is 0 Å². The van der Waals surface area contributed by atoms with Crippen molar-refractivity contribution in [1.82, 2.24) is 9.80 Å². The first-order valence-electron chi connectivity index (χ1n) is 9.88. The highest BCUT2D eigenvalue weighted by atomic mass is 19.1. The summed E-state index contributed by atoms with van der Waals surface area (Å²) in [6.45, 7) is 6.56.